The SMILES string of the molecule is [2H]CC(C)C(C)OC(=O)C(F)(F)F. The average molecular weight is 185 g/mol. The fraction of sp³-hybridized carbons (Fsp3) is 0.857. The van der Waals surface area contributed by atoms with Crippen molar-refractivity contribution in [2.45, 2.75) is 33.0 Å². The van der Waals surface area contributed by atoms with Gasteiger partial charge in [-0.05, 0) is 12.8 Å². The molecule has 2 unspecified atom stereocenters. The quantitative estimate of drug-likeness (QED) is 0.616. The van der Waals surface area contributed by atoms with Gasteiger partial charge in [-0.2, -0.15) is 13.2 Å². The minimum Gasteiger partial charge on any atom is -0.456 e. The predicted octanol–water partition coefficient (Wildman–Crippen LogP) is 2.14. The largest absolute Gasteiger partial charge is 0.490 e. The Morgan fingerprint density at radius 2 is 2.00 bits per heavy atom. The third-order valence-electron chi connectivity index (χ3n) is 1.33. The summed E-state index contributed by atoms with van der Waals surface area (Å²) in [6.45, 7) is 2.80. The first-order valence-corrected chi connectivity index (χ1v) is 3.36. The zero-order valence-electron chi connectivity index (χ0n) is 7.81. The van der Waals surface area contributed by atoms with Gasteiger partial charge in [0.15, 0.2) is 0 Å². The lowest BCUT2D eigenvalue weighted by molar-refractivity contribution is -0.205. The summed E-state index contributed by atoms with van der Waals surface area (Å²) in [5, 5.41) is 0. The molecular formula is C7H11F3O2. The topological polar surface area (TPSA) is 26.3 Å². The Bertz CT molecular complexity index is 181. The highest BCUT2D eigenvalue weighted by Crippen LogP contribution is 2.19. The van der Waals surface area contributed by atoms with Crippen LogP contribution in [0.25, 0.3) is 0 Å². The van der Waals surface area contributed by atoms with Crippen molar-refractivity contribution >= 4 is 5.97 Å². The zero-order chi connectivity index (χ0) is 10.6. The van der Waals surface area contributed by atoms with Crippen LogP contribution in [0.4, 0.5) is 13.2 Å². The molecule has 0 bridgehead atoms. The van der Waals surface area contributed by atoms with Crippen molar-refractivity contribution in [3.8, 4) is 0 Å². The second-order valence-electron chi connectivity index (χ2n) is 2.59. The van der Waals surface area contributed by atoms with Crippen molar-refractivity contribution in [2.75, 3.05) is 0 Å². The minimum absolute atomic E-state index is 0.0771. The molecule has 5 heteroatoms. The average Bonchev–Trinajstić information content (AvgIpc) is 2.01. The molecule has 0 heterocycles. The number of carbonyl (C=O) groups is 1. The first-order chi connectivity index (χ1) is 5.79. The maximum absolute atomic E-state index is 11.7. The fourth-order valence-electron chi connectivity index (χ4n) is 0.352. The molecule has 0 aromatic rings. The number of rotatable bonds is 2. The second-order valence-corrected chi connectivity index (χ2v) is 2.59. The molecule has 2 atom stereocenters. The molecule has 0 spiro atoms. The molecule has 0 aliphatic carbocycles. The molecule has 0 saturated heterocycles. The standard InChI is InChI=1S/C7H11F3O2/c1-4(2)5(3)12-6(11)7(8,9)10/h4-5H,1-3H3/i1D. The summed E-state index contributed by atoms with van der Waals surface area (Å²) in [5.41, 5.74) is 0. The monoisotopic (exact) mass is 185 g/mol. The van der Waals surface area contributed by atoms with Gasteiger partial charge in [-0.25, -0.2) is 4.79 Å². The summed E-state index contributed by atoms with van der Waals surface area (Å²) in [6.07, 6.45) is -5.83. The predicted molar refractivity (Wildman–Crippen MR) is 36.4 cm³/mol. The number of ether oxygens (including phenoxy) is 1. The Balaban J connectivity index is 4.07. The van der Waals surface area contributed by atoms with Crippen molar-refractivity contribution in [3.63, 3.8) is 0 Å². The van der Waals surface area contributed by atoms with Crippen LogP contribution in [-0.4, -0.2) is 18.2 Å². The normalized spacial score (nSPS) is 17.9. The van der Waals surface area contributed by atoms with Crippen LogP contribution in [-0.2, 0) is 9.53 Å². The van der Waals surface area contributed by atoms with E-state index in [0.717, 1.165) is 0 Å². The molecule has 0 saturated carbocycles. The van der Waals surface area contributed by atoms with E-state index in [-0.39, 0.29) is 6.90 Å². The summed E-state index contributed by atoms with van der Waals surface area (Å²) in [6, 6.07) is 0. The van der Waals surface area contributed by atoms with Crippen LogP contribution < -0.4 is 0 Å². The summed E-state index contributed by atoms with van der Waals surface area (Å²) in [4.78, 5) is 10.3. The van der Waals surface area contributed by atoms with Crippen molar-refractivity contribution in [1.82, 2.24) is 0 Å². The van der Waals surface area contributed by atoms with Gasteiger partial charge in [0.05, 0.1) is 0 Å². The van der Waals surface area contributed by atoms with Crippen molar-refractivity contribution < 1.29 is 24.1 Å². The Labute approximate surface area is 70.1 Å². The lowest BCUT2D eigenvalue weighted by Crippen LogP contribution is -2.30. The van der Waals surface area contributed by atoms with Crippen LogP contribution in [0, 0.1) is 5.92 Å². The number of alkyl halides is 3. The van der Waals surface area contributed by atoms with Crippen LogP contribution in [0.2, 0.25) is 0 Å². The number of halogens is 3. The highest BCUT2D eigenvalue weighted by molar-refractivity contribution is 5.75. The van der Waals surface area contributed by atoms with Gasteiger partial charge in [-0.1, -0.05) is 13.8 Å². The molecule has 0 radical (unpaired) electrons. The Morgan fingerprint density at radius 1 is 1.50 bits per heavy atom. The first kappa shape index (κ1) is 9.35. The number of hydrogen-bond acceptors (Lipinski definition) is 2. The molecule has 0 aromatic carbocycles. The van der Waals surface area contributed by atoms with E-state index in [1.165, 1.54) is 6.92 Å². The van der Waals surface area contributed by atoms with E-state index in [2.05, 4.69) is 4.74 Å². The van der Waals surface area contributed by atoms with Gasteiger partial charge in [0.1, 0.15) is 6.10 Å². The fourth-order valence-corrected chi connectivity index (χ4v) is 0.352. The van der Waals surface area contributed by atoms with Gasteiger partial charge in [0.25, 0.3) is 0 Å². The summed E-state index contributed by atoms with van der Waals surface area (Å²) in [5.74, 6) is -2.59. The van der Waals surface area contributed by atoms with E-state index in [9.17, 15) is 18.0 Å². The lowest BCUT2D eigenvalue weighted by atomic mass is 10.1. The van der Waals surface area contributed by atoms with Gasteiger partial charge in [0, 0.05) is 1.37 Å². The highest BCUT2D eigenvalue weighted by Gasteiger charge is 2.41. The van der Waals surface area contributed by atoms with Gasteiger partial charge < -0.3 is 4.74 Å². The van der Waals surface area contributed by atoms with Crippen molar-refractivity contribution in [2.24, 2.45) is 5.92 Å². The van der Waals surface area contributed by atoms with Gasteiger partial charge in [-0.3, -0.25) is 0 Å². The summed E-state index contributed by atoms with van der Waals surface area (Å²) >= 11 is 0. The third-order valence-corrected chi connectivity index (χ3v) is 1.33. The van der Waals surface area contributed by atoms with Crippen LogP contribution in [0.1, 0.15) is 22.1 Å². The van der Waals surface area contributed by atoms with Gasteiger partial charge in [0.2, 0.25) is 0 Å². The second kappa shape index (κ2) is 3.78. The molecule has 0 fully saturated rings. The van der Waals surface area contributed by atoms with E-state index in [1.807, 2.05) is 0 Å². The Morgan fingerprint density at radius 3 is 2.33 bits per heavy atom. The van der Waals surface area contributed by atoms with Crippen LogP contribution in [0.15, 0.2) is 0 Å². The van der Waals surface area contributed by atoms with E-state index >= 15 is 0 Å². The van der Waals surface area contributed by atoms with E-state index in [4.69, 9.17) is 1.37 Å². The molecule has 0 amide bonds. The van der Waals surface area contributed by atoms with E-state index in [0.29, 0.717) is 0 Å². The molecule has 12 heavy (non-hydrogen) atoms. The molecular weight excluding hydrogens is 173 g/mol. The molecule has 2 nitrogen and oxygen atoms in total. The maximum Gasteiger partial charge on any atom is 0.490 e. The number of hydrogen-bond donors (Lipinski definition) is 0. The summed E-state index contributed by atoms with van der Waals surface area (Å²) in [7, 11) is 0. The van der Waals surface area contributed by atoms with E-state index < -0.39 is 24.2 Å². The van der Waals surface area contributed by atoms with Crippen LogP contribution >= 0.6 is 0 Å². The zero-order valence-corrected chi connectivity index (χ0v) is 6.81. The number of carbonyl (C=O) groups excluding carboxylic acids is 1. The van der Waals surface area contributed by atoms with Crippen molar-refractivity contribution in [3.05, 3.63) is 0 Å². The minimum atomic E-state index is -4.95. The van der Waals surface area contributed by atoms with Gasteiger partial charge in [-0.15, -0.1) is 0 Å². The number of esters is 1. The van der Waals surface area contributed by atoms with Crippen LogP contribution in [0.3, 0.4) is 0 Å². The van der Waals surface area contributed by atoms with Crippen LogP contribution in [0.5, 0.6) is 0 Å². The Hall–Kier alpha value is -0.740. The molecule has 0 rings (SSSR count). The molecule has 0 N–H and O–H groups in total. The molecule has 72 valence electrons. The molecule has 0 aliphatic heterocycles. The highest BCUT2D eigenvalue weighted by atomic mass is 19.4. The molecule has 0 aromatic heterocycles. The first-order valence-electron chi connectivity index (χ1n) is 4.06. The molecule has 0 aliphatic rings. The maximum atomic E-state index is 11.7. The van der Waals surface area contributed by atoms with Gasteiger partial charge >= 0.3 is 12.1 Å². The Kier molecular flexibility index (Phi) is 2.94. The summed E-state index contributed by atoms with van der Waals surface area (Å²) < 4.78 is 45.9. The van der Waals surface area contributed by atoms with E-state index in [1.54, 1.807) is 6.92 Å². The lowest BCUT2D eigenvalue weighted by Gasteiger charge is -2.17. The smallest absolute Gasteiger partial charge is 0.456 e. The van der Waals surface area contributed by atoms with Crippen molar-refractivity contribution in [1.29, 1.82) is 0 Å². The third kappa shape index (κ3) is 3.59.